The van der Waals surface area contributed by atoms with Crippen LogP contribution in [0.15, 0.2) is 12.3 Å². The van der Waals surface area contributed by atoms with Gasteiger partial charge in [-0.1, -0.05) is 6.92 Å². The number of rotatable bonds is 5. The molecule has 0 amide bonds. The van der Waals surface area contributed by atoms with E-state index in [0.717, 1.165) is 12.1 Å². The molecule has 0 radical (unpaired) electrons. The van der Waals surface area contributed by atoms with E-state index >= 15 is 0 Å². The van der Waals surface area contributed by atoms with Crippen LogP contribution in [-0.2, 0) is 21.1 Å². The minimum atomic E-state index is -2.99. The molecule has 1 aromatic rings. The molecule has 2 heterocycles. The van der Waals surface area contributed by atoms with Gasteiger partial charge in [0, 0.05) is 18.2 Å². The lowest BCUT2D eigenvalue weighted by molar-refractivity contribution is -0.121. The van der Waals surface area contributed by atoms with Gasteiger partial charge in [0.25, 0.3) is 0 Å². The highest BCUT2D eigenvalue weighted by Gasteiger charge is 2.32. The standard InChI is InChI=1S/C13H20N2O3S/c1-3-10(2)15-6-4-12(14-15)8-13(16)11-5-7-19(17,18)9-11/h4,6,10-11H,3,5,7-9H2,1-2H3. The second-order valence-electron chi connectivity index (χ2n) is 5.29. The molecule has 0 N–H and O–H groups in total. The summed E-state index contributed by atoms with van der Waals surface area (Å²) in [5.74, 6) is -0.183. The molecule has 2 atom stereocenters. The van der Waals surface area contributed by atoms with Crippen molar-refractivity contribution in [2.45, 2.75) is 39.2 Å². The Labute approximate surface area is 113 Å². The number of nitrogens with zero attached hydrogens (tertiary/aromatic N) is 2. The first kappa shape index (κ1) is 14.2. The average molecular weight is 284 g/mol. The van der Waals surface area contributed by atoms with Gasteiger partial charge in [0.1, 0.15) is 5.78 Å². The summed E-state index contributed by atoms with van der Waals surface area (Å²) in [6.45, 7) is 4.16. The van der Waals surface area contributed by atoms with Crippen molar-refractivity contribution in [1.82, 2.24) is 9.78 Å². The Morgan fingerprint density at radius 3 is 2.89 bits per heavy atom. The zero-order chi connectivity index (χ0) is 14.0. The summed E-state index contributed by atoms with van der Waals surface area (Å²) in [7, 11) is -2.99. The molecule has 0 aromatic carbocycles. The third-order valence-corrected chi connectivity index (χ3v) is 5.52. The van der Waals surface area contributed by atoms with Crippen molar-refractivity contribution >= 4 is 15.6 Å². The highest BCUT2D eigenvalue weighted by Crippen LogP contribution is 2.21. The van der Waals surface area contributed by atoms with Gasteiger partial charge in [-0.05, 0) is 25.8 Å². The van der Waals surface area contributed by atoms with Crippen LogP contribution in [0.2, 0.25) is 0 Å². The van der Waals surface area contributed by atoms with E-state index in [1.165, 1.54) is 0 Å². The molecule has 6 heteroatoms. The number of hydrogen-bond acceptors (Lipinski definition) is 4. The van der Waals surface area contributed by atoms with Crippen molar-refractivity contribution in [1.29, 1.82) is 0 Å². The van der Waals surface area contributed by atoms with E-state index < -0.39 is 9.84 Å². The number of carbonyl (C=O) groups is 1. The lowest BCUT2D eigenvalue weighted by Crippen LogP contribution is -2.18. The molecule has 1 aliphatic heterocycles. The molecule has 0 bridgehead atoms. The number of aromatic nitrogens is 2. The van der Waals surface area contributed by atoms with E-state index in [-0.39, 0.29) is 29.6 Å². The van der Waals surface area contributed by atoms with Crippen LogP contribution in [0.4, 0.5) is 0 Å². The minimum Gasteiger partial charge on any atom is -0.299 e. The first-order chi connectivity index (χ1) is 8.91. The van der Waals surface area contributed by atoms with Crippen LogP contribution in [0, 0.1) is 5.92 Å². The van der Waals surface area contributed by atoms with Crippen LogP contribution >= 0.6 is 0 Å². The molecule has 2 rings (SSSR count). The number of Topliss-reactive ketones (excluding diaryl/α,β-unsaturated/α-hetero) is 1. The van der Waals surface area contributed by atoms with Gasteiger partial charge in [0.05, 0.1) is 23.6 Å². The van der Waals surface area contributed by atoms with Crippen molar-refractivity contribution in [2.24, 2.45) is 5.92 Å². The van der Waals surface area contributed by atoms with Gasteiger partial charge >= 0.3 is 0 Å². The number of carbonyl (C=O) groups excluding carboxylic acids is 1. The van der Waals surface area contributed by atoms with Crippen LogP contribution in [0.1, 0.15) is 38.4 Å². The molecule has 106 valence electrons. The molecule has 0 spiro atoms. The van der Waals surface area contributed by atoms with Crippen LogP contribution in [0.3, 0.4) is 0 Å². The molecular formula is C13H20N2O3S. The largest absolute Gasteiger partial charge is 0.299 e. The third-order valence-electron chi connectivity index (χ3n) is 3.75. The summed E-state index contributed by atoms with van der Waals surface area (Å²) in [4.78, 5) is 12.0. The fraction of sp³-hybridized carbons (Fsp3) is 0.692. The maximum absolute atomic E-state index is 12.0. The fourth-order valence-electron chi connectivity index (χ4n) is 2.28. The molecule has 1 saturated heterocycles. The Hall–Kier alpha value is -1.17. The molecule has 1 fully saturated rings. The summed E-state index contributed by atoms with van der Waals surface area (Å²) >= 11 is 0. The smallest absolute Gasteiger partial charge is 0.151 e. The Morgan fingerprint density at radius 2 is 2.32 bits per heavy atom. The topological polar surface area (TPSA) is 69.0 Å². The van der Waals surface area contributed by atoms with Gasteiger partial charge in [-0.3, -0.25) is 9.48 Å². The first-order valence-corrected chi connectivity index (χ1v) is 8.50. The normalized spacial score (nSPS) is 23.4. The summed E-state index contributed by atoms with van der Waals surface area (Å²) in [6.07, 6.45) is 3.56. The highest BCUT2D eigenvalue weighted by molar-refractivity contribution is 7.91. The molecule has 0 saturated carbocycles. The average Bonchev–Trinajstić information content (AvgIpc) is 2.94. The quantitative estimate of drug-likeness (QED) is 0.819. The van der Waals surface area contributed by atoms with E-state index in [2.05, 4.69) is 18.9 Å². The van der Waals surface area contributed by atoms with Gasteiger partial charge in [0.15, 0.2) is 9.84 Å². The van der Waals surface area contributed by atoms with Gasteiger partial charge < -0.3 is 0 Å². The molecule has 0 aliphatic carbocycles. The number of hydrogen-bond donors (Lipinski definition) is 0. The second-order valence-corrected chi connectivity index (χ2v) is 7.52. The van der Waals surface area contributed by atoms with Crippen molar-refractivity contribution < 1.29 is 13.2 Å². The predicted molar refractivity (Wildman–Crippen MR) is 72.7 cm³/mol. The van der Waals surface area contributed by atoms with Crippen molar-refractivity contribution in [3.05, 3.63) is 18.0 Å². The van der Waals surface area contributed by atoms with Crippen LogP contribution in [-0.4, -0.2) is 35.5 Å². The zero-order valence-corrected chi connectivity index (χ0v) is 12.2. The Kier molecular flexibility index (Phi) is 4.08. The summed E-state index contributed by atoms with van der Waals surface area (Å²) < 4.78 is 24.6. The zero-order valence-electron chi connectivity index (χ0n) is 11.4. The number of ketones is 1. The highest BCUT2D eigenvalue weighted by atomic mass is 32.2. The maximum Gasteiger partial charge on any atom is 0.151 e. The van der Waals surface area contributed by atoms with Crippen LogP contribution in [0.25, 0.3) is 0 Å². The van der Waals surface area contributed by atoms with Crippen molar-refractivity contribution in [3.8, 4) is 0 Å². The molecule has 2 unspecified atom stereocenters. The molecule has 19 heavy (non-hydrogen) atoms. The molecular weight excluding hydrogens is 264 g/mol. The fourth-order valence-corrected chi connectivity index (χ4v) is 4.05. The first-order valence-electron chi connectivity index (χ1n) is 6.68. The molecule has 1 aliphatic rings. The van der Waals surface area contributed by atoms with E-state index in [9.17, 15) is 13.2 Å². The minimum absolute atomic E-state index is 0.00419. The number of sulfone groups is 1. The lowest BCUT2D eigenvalue weighted by Gasteiger charge is -2.08. The second kappa shape index (κ2) is 5.45. The third kappa shape index (κ3) is 3.43. The lowest BCUT2D eigenvalue weighted by atomic mass is 10.0. The van der Waals surface area contributed by atoms with Gasteiger partial charge in [-0.25, -0.2) is 8.42 Å². The van der Waals surface area contributed by atoms with Crippen molar-refractivity contribution in [2.75, 3.05) is 11.5 Å². The maximum atomic E-state index is 12.0. The predicted octanol–water partition coefficient (Wildman–Crippen LogP) is 1.40. The Bertz CT molecular complexity index is 562. The molecule has 5 nitrogen and oxygen atoms in total. The van der Waals surface area contributed by atoms with Gasteiger partial charge in [-0.15, -0.1) is 0 Å². The summed E-state index contributed by atoms with van der Waals surface area (Å²) in [5, 5.41) is 4.38. The van der Waals surface area contributed by atoms with E-state index in [0.29, 0.717) is 12.5 Å². The van der Waals surface area contributed by atoms with Crippen LogP contribution < -0.4 is 0 Å². The SMILES string of the molecule is CCC(C)n1ccc(CC(=O)C2CCS(=O)(=O)C2)n1. The molecule has 1 aromatic heterocycles. The Morgan fingerprint density at radius 1 is 1.58 bits per heavy atom. The summed E-state index contributed by atoms with van der Waals surface area (Å²) in [5.41, 5.74) is 0.731. The van der Waals surface area contributed by atoms with E-state index in [4.69, 9.17) is 0 Å². The summed E-state index contributed by atoms with van der Waals surface area (Å²) in [6, 6.07) is 2.16. The van der Waals surface area contributed by atoms with Crippen molar-refractivity contribution in [3.63, 3.8) is 0 Å². The Balaban J connectivity index is 1.98. The van der Waals surface area contributed by atoms with Gasteiger partial charge in [0.2, 0.25) is 0 Å². The van der Waals surface area contributed by atoms with E-state index in [1.54, 1.807) is 0 Å². The van der Waals surface area contributed by atoms with Gasteiger partial charge in [-0.2, -0.15) is 5.10 Å². The van der Waals surface area contributed by atoms with Crippen LogP contribution in [0.5, 0.6) is 0 Å². The van der Waals surface area contributed by atoms with E-state index in [1.807, 2.05) is 16.9 Å². The monoisotopic (exact) mass is 284 g/mol.